The van der Waals surface area contributed by atoms with E-state index in [0.717, 1.165) is 30.0 Å². The van der Waals surface area contributed by atoms with Crippen molar-refractivity contribution in [3.05, 3.63) is 29.3 Å². The van der Waals surface area contributed by atoms with Crippen molar-refractivity contribution in [1.29, 1.82) is 0 Å². The molecule has 0 spiro atoms. The first kappa shape index (κ1) is 12.9. The van der Waals surface area contributed by atoms with E-state index in [1.807, 2.05) is 0 Å². The van der Waals surface area contributed by atoms with Crippen LogP contribution in [0.15, 0.2) is 23.1 Å². The number of hydrogen-bond donors (Lipinski definition) is 1. The van der Waals surface area contributed by atoms with Crippen LogP contribution in [0.4, 0.5) is 13.2 Å². The number of primary amides is 1. The Morgan fingerprint density at radius 1 is 1.44 bits per heavy atom. The lowest BCUT2D eigenvalue weighted by Crippen LogP contribution is -2.14. The van der Waals surface area contributed by atoms with E-state index < -0.39 is 17.6 Å². The number of halogens is 3. The van der Waals surface area contributed by atoms with Gasteiger partial charge in [-0.05, 0) is 24.0 Å². The molecule has 0 aromatic heterocycles. The summed E-state index contributed by atoms with van der Waals surface area (Å²) >= 11 is 1.16. The predicted octanol–water partition coefficient (Wildman–Crippen LogP) is 2.92. The summed E-state index contributed by atoms with van der Waals surface area (Å²) < 4.78 is 37.2. The summed E-state index contributed by atoms with van der Waals surface area (Å²) in [7, 11) is 0. The highest BCUT2D eigenvalue weighted by Gasteiger charge is 2.31. The zero-order chi connectivity index (χ0) is 12.3. The predicted molar refractivity (Wildman–Crippen MR) is 56.4 cm³/mol. The van der Waals surface area contributed by atoms with Crippen LogP contribution >= 0.6 is 11.8 Å². The van der Waals surface area contributed by atoms with Crippen LogP contribution in [0.25, 0.3) is 0 Å². The Morgan fingerprint density at radius 3 is 2.50 bits per heavy atom. The van der Waals surface area contributed by atoms with Gasteiger partial charge in [-0.2, -0.15) is 13.2 Å². The third-order valence-electron chi connectivity index (χ3n) is 1.87. The average Bonchev–Trinajstić information content (AvgIpc) is 2.16. The minimum atomic E-state index is -4.40. The maximum atomic E-state index is 12.4. The van der Waals surface area contributed by atoms with E-state index in [2.05, 4.69) is 0 Å². The van der Waals surface area contributed by atoms with Crippen LogP contribution in [0.2, 0.25) is 0 Å². The molecule has 0 saturated carbocycles. The van der Waals surface area contributed by atoms with Gasteiger partial charge in [-0.3, -0.25) is 4.79 Å². The molecule has 2 nitrogen and oxygen atoms in total. The topological polar surface area (TPSA) is 43.1 Å². The molecule has 0 unspecified atom stereocenters. The van der Waals surface area contributed by atoms with Gasteiger partial charge < -0.3 is 5.73 Å². The number of rotatable bonds is 3. The van der Waals surface area contributed by atoms with Gasteiger partial charge in [0.1, 0.15) is 0 Å². The van der Waals surface area contributed by atoms with E-state index in [1.165, 1.54) is 0 Å². The van der Waals surface area contributed by atoms with E-state index in [-0.39, 0.29) is 10.5 Å². The van der Waals surface area contributed by atoms with Crippen molar-refractivity contribution < 1.29 is 18.0 Å². The largest absolute Gasteiger partial charge is 0.416 e. The fourth-order valence-corrected chi connectivity index (χ4v) is 2.02. The van der Waals surface area contributed by atoms with Gasteiger partial charge in [-0.25, -0.2) is 0 Å². The molecule has 16 heavy (non-hydrogen) atoms. The summed E-state index contributed by atoms with van der Waals surface area (Å²) in [5.74, 6) is -0.147. The fraction of sp³-hybridized carbons (Fsp3) is 0.300. The number of carbonyl (C=O) groups excluding carboxylic acids is 1. The molecule has 88 valence electrons. The zero-order valence-electron chi connectivity index (χ0n) is 8.47. The van der Waals surface area contributed by atoms with Crippen molar-refractivity contribution in [3.63, 3.8) is 0 Å². The summed E-state index contributed by atoms with van der Waals surface area (Å²) in [4.78, 5) is 11.3. The van der Waals surface area contributed by atoms with Gasteiger partial charge in [-0.15, -0.1) is 11.8 Å². The Kier molecular flexibility index (Phi) is 3.85. The second kappa shape index (κ2) is 4.78. The first-order valence-corrected chi connectivity index (χ1v) is 5.48. The Balaban J connectivity index is 3.22. The van der Waals surface area contributed by atoms with Crippen LogP contribution in [-0.4, -0.2) is 11.7 Å². The summed E-state index contributed by atoms with van der Waals surface area (Å²) in [6.07, 6.45) is -4.40. The molecule has 0 aliphatic rings. The van der Waals surface area contributed by atoms with Crippen molar-refractivity contribution in [1.82, 2.24) is 0 Å². The van der Waals surface area contributed by atoms with Crippen LogP contribution < -0.4 is 5.73 Å². The van der Waals surface area contributed by atoms with Gasteiger partial charge in [0.15, 0.2) is 0 Å². The Morgan fingerprint density at radius 2 is 2.06 bits per heavy atom. The molecule has 2 N–H and O–H groups in total. The quantitative estimate of drug-likeness (QED) is 0.837. The molecule has 0 aliphatic carbocycles. The number of carbonyl (C=O) groups is 1. The molecular weight excluding hydrogens is 239 g/mol. The van der Waals surface area contributed by atoms with Crippen LogP contribution in [0.1, 0.15) is 22.8 Å². The number of benzene rings is 1. The fourth-order valence-electron chi connectivity index (χ4n) is 1.18. The lowest BCUT2D eigenvalue weighted by atomic mass is 10.1. The van der Waals surface area contributed by atoms with Crippen LogP contribution in [-0.2, 0) is 6.18 Å². The summed E-state index contributed by atoms with van der Waals surface area (Å²) in [5.41, 5.74) is 4.43. The lowest BCUT2D eigenvalue weighted by molar-refractivity contribution is -0.137. The van der Waals surface area contributed by atoms with Crippen molar-refractivity contribution >= 4 is 17.7 Å². The normalized spacial score (nSPS) is 11.5. The summed E-state index contributed by atoms with van der Waals surface area (Å²) in [5, 5.41) is 0. The SMILES string of the molecule is CCSc1cc(C(F)(F)F)ccc1C(N)=O. The lowest BCUT2D eigenvalue weighted by Gasteiger charge is -2.10. The standard InChI is InChI=1S/C10H10F3NOS/c1-2-16-8-5-6(10(11,12)13)3-4-7(8)9(14)15/h3-5H,2H2,1H3,(H2,14,15). The van der Waals surface area contributed by atoms with Crippen molar-refractivity contribution in [2.45, 2.75) is 18.0 Å². The first-order chi connectivity index (χ1) is 7.36. The smallest absolute Gasteiger partial charge is 0.366 e. The highest BCUT2D eigenvalue weighted by atomic mass is 32.2. The number of amides is 1. The zero-order valence-corrected chi connectivity index (χ0v) is 9.28. The van der Waals surface area contributed by atoms with E-state index in [4.69, 9.17) is 5.73 Å². The highest BCUT2D eigenvalue weighted by molar-refractivity contribution is 7.99. The van der Waals surface area contributed by atoms with E-state index >= 15 is 0 Å². The van der Waals surface area contributed by atoms with Crippen molar-refractivity contribution in [3.8, 4) is 0 Å². The van der Waals surface area contributed by atoms with Gasteiger partial charge in [0.25, 0.3) is 0 Å². The molecule has 0 atom stereocenters. The second-order valence-corrected chi connectivity index (χ2v) is 4.31. The van der Waals surface area contributed by atoms with Gasteiger partial charge in [0.2, 0.25) is 5.91 Å². The van der Waals surface area contributed by atoms with Gasteiger partial charge in [-0.1, -0.05) is 6.92 Å². The molecule has 1 aromatic carbocycles. The van der Waals surface area contributed by atoms with Gasteiger partial charge in [0.05, 0.1) is 11.1 Å². The van der Waals surface area contributed by atoms with Crippen LogP contribution in [0.5, 0.6) is 0 Å². The highest BCUT2D eigenvalue weighted by Crippen LogP contribution is 2.33. The first-order valence-electron chi connectivity index (χ1n) is 4.50. The second-order valence-electron chi connectivity index (χ2n) is 3.01. The van der Waals surface area contributed by atoms with Crippen LogP contribution in [0, 0.1) is 0 Å². The Bertz CT molecular complexity index is 404. The van der Waals surface area contributed by atoms with Crippen LogP contribution in [0.3, 0.4) is 0 Å². The molecule has 0 fully saturated rings. The monoisotopic (exact) mass is 249 g/mol. The molecule has 0 aliphatic heterocycles. The molecule has 1 rings (SSSR count). The summed E-state index contributed by atoms with van der Waals surface area (Å²) in [6.45, 7) is 1.79. The van der Waals surface area contributed by atoms with E-state index in [0.29, 0.717) is 5.75 Å². The average molecular weight is 249 g/mol. The number of nitrogens with two attached hydrogens (primary N) is 1. The third-order valence-corrected chi connectivity index (χ3v) is 2.81. The van der Waals surface area contributed by atoms with Crippen molar-refractivity contribution in [2.75, 3.05) is 5.75 Å². The number of alkyl halides is 3. The Hall–Kier alpha value is -1.17. The molecule has 6 heteroatoms. The summed E-state index contributed by atoms with van der Waals surface area (Å²) in [6, 6.07) is 2.93. The molecule has 1 aromatic rings. The Labute approximate surface area is 95.0 Å². The number of hydrogen-bond acceptors (Lipinski definition) is 2. The molecule has 0 radical (unpaired) electrons. The molecule has 1 amide bonds. The molecular formula is C10H10F3NOS. The maximum Gasteiger partial charge on any atom is 0.416 e. The minimum absolute atomic E-state index is 0.125. The van der Waals surface area contributed by atoms with Gasteiger partial charge >= 0.3 is 6.18 Å². The maximum absolute atomic E-state index is 12.4. The van der Waals surface area contributed by atoms with Crippen molar-refractivity contribution in [2.24, 2.45) is 5.73 Å². The third kappa shape index (κ3) is 2.91. The molecule has 0 heterocycles. The molecule has 0 bridgehead atoms. The van der Waals surface area contributed by atoms with Gasteiger partial charge in [0, 0.05) is 4.90 Å². The van der Waals surface area contributed by atoms with E-state index in [9.17, 15) is 18.0 Å². The minimum Gasteiger partial charge on any atom is -0.366 e. The van der Waals surface area contributed by atoms with E-state index in [1.54, 1.807) is 6.92 Å². The number of thioether (sulfide) groups is 1. The molecule has 0 saturated heterocycles.